The molecule has 1 rings (SSSR count). The number of hydrogen-bond donors (Lipinski definition) is 0. The molecule has 3 unspecified atom stereocenters. The van der Waals surface area contributed by atoms with Gasteiger partial charge in [-0.1, -0.05) is 53.4 Å². The van der Waals surface area contributed by atoms with Gasteiger partial charge >= 0.3 is 0 Å². The summed E-state index contributed by atoms with van der Waals surface area (Å²) in [6.45, 7) is 9.46. The lowest BCUT2D eigenvalue weighted by Gasteiger charge is -2.19. The molecule has 0 spiro atoms. The second-order valence-electron chi connectivity index (χ2n) is 5.48. The minimum Gasteiger partial charge on any atom is -0.0654 e. The summed E-state index contributed by atoms with van der Waals surface area (Å²) < 4.78 is 0. The first-order valence-corrected chi connectivity index (χ1v) is 6.68. The third kappa shape index (κ3) is 2.74. The van der Waals surface area contributed by atoms with Crippen molar-refractivity contribution < 1.29 is 0 Å². The van der Waals surface area contributed by atoms with Crippen LogP contribution in [0.4, 0.5) is 0 Å². The van der Waals surface area contributed by atoms with Crippen molar-refractivity contribution in [3.05, 3.63) is 0 Å². The fourth-order valence-electron chi connectivity index (χ4n) is 2.96. The zero-order valence-corrected chi connectivity index (χ0v) is 10.6. The Bertz CT molecular complexity index is 161. The molecule has 0 aliphatic heterocycles. The van der Waals surface area contributed by atoms with Gasteiger partial charge in [-0.15, -0.1) is 0 Å². The molecule has 0 aromatic carbocycles. The molecular formula is C14H28. The molecule has 0 heterocycles. The fraction of sp³-hybridized carbons (Fsp3) is 1.00. The van der Waals surface area contributed by atoms with Gasteiger partial charge in [-0.2, -0.15) is 0 Å². The number of unbranched alkanes of at least 4 members (excludes halogenated alkanes) is 1. The zero-order valence-electron chi connectivity index (χ0n) is 10.6. The fourth-order valence-corrected chi connectivity index (χ4v) is 2.96. The second-order valence-corrected chi connectivity index (χ2v) is 5.48. The summed E-state index contributed by atoms with van der Waals surface area (Å²) in [7, 11) is 0. The van der Waals surface area contributed by atoms with Gasteiger partial charge in [-0.05, 0) is 36.5 Å². The van der Waals surface area contributed by atoms with E-state index in [-0.39, 0.29) is 0 Å². The molecule has 14 heavy (non-hydrogen) atoms. The molecule has 0 aromatic heterocycles. The SMILES string of the molecule is CCCCC1CC1(CC)CC(C)CC. The topological polar surface area (TPSA) is 0 Å². The van der Waals surface area contributed by atoms with Gasteiger partial charge in [-0.3, -0.25) is 0 Å². The Kier molecular flexibility index (Phi) is 4.47. The molecule has 0 radical (unpaired) electrons. The van der Waals surface area contributed by atoms with Crippen molar-refractivity contribution >= 4 is 0 Å². The Morgan fingerprint density at radius 1 is 1.29 bits per heavy atom. The average Bonchev–Trinajstić information content (AvgIpc) is 2.89. The highest BCUT2D eigenvalue weighted by Gasteiger charge is 2.51. The molecule has 1 aliphatic rings. The van der Waals surface area contributed by atoms with E-state index in [9.17, 15) is 0 Å². The van der Waals surface area contributed by atoms with Gasteiger partial charge in [0.2, 0.25) is 0 Å². The zero-order chi connectivity index (χ0) is 10.6. The molecule has 1 fully saturated rings. The second kappa shape index (κ2) is 5.19. The van der Waals surface area contributed by atoms with Crippen LogP contribution in [-0.2, 0) is 0 Å². The highest BCUT2D eigenvalue weighted by atomic mass is 14.6. The van der Waals surface area contributed by atoms with Crippen LogP contribution in [0, 0.1) is 17.3 Å². The molecule has 0 N–H and O–H groups in total. The molecule has 0 saturated heterocycles. The van der Waals surface area contributed by atoms with Crippen molar-refractivity contribution in [3.63, 3.8) is 0 Å². The lowest BCUT2D eigenvalue weighted by atomic mass is 9.86. The quantitative estimate of drug-likeness (QED) is 0.536. The standard InChI is InChI=1S/C14H28/c1-5-8-9-13-11-14(13,7-3)10-12(4)6-2/h12-13H,5-11H2,1-4H3. The first-order valence-electron chi connectivity index (χ1n) is 6.68. The third-order valence-corrected chi connectivity index (χ3v) is 4.42. The lowest BCUT2D eigenvalue weighted by Crippen LogP contribution is -2.08. The van der Waals surface area contributed by atoms with Crippen LogP contribution < -0.4 is 0 Å². The first-order chi connectivity index (χ1) is 6.68. The molecule has 0 amide bonds. The Morgan fingerprint density at radius 3 is 2.50 bits per heavy atom. The third-order valence-electron chi connectivity index (χ3n) is 4.42. The van der Waals surface area contributed by atoms with Crippen LogP contribution >= 0.6 is 0 Å². The van der Waals surface area contributed by atoms with Crippen LogP contribution in [0.3, 0.4) is 0 Å². The first kappa shape index (κ1) is 12.1. The number of hydrogen-bond acceptors (Lipinski definition) is 0. The monoisotopic (exact) mass is 196 g/mol. The van der Waals surface area contributed by atoms with Gasteiger partial charge in [0.1, 0.15) is 0 Å². The van der Waals surface area contributed by atoms with E-state index in [1.54, 1.807) is 0 Å². The van der Waals surface area contributed by atoms with E-state index < -0.39 is 0 Å². The van der Waals surface area contributed by atoms with Crippen molar-refractivity contribution in [1.82, 2.24) is 0 Å². The maximum absolute atomic E-state index is 2.42. The summed E-state index contributed by atoms with van der Waals surface area (Å²) >= 11 is 0. The molecule has 3 atom stereocenters. The molecule has 0 heteroatoms. The highest BCUT2D eigenvalue weighted by Crippen LogP contribution is 2.61. The van der Waals surface area contributed by atoms with Crippen molar-refractivity contribution in [2.75, 3.05) is 0 Å². The van der Waals surface area contributed by atoms with E-state index in [4.69, 9.17) is 0 Å². The van der Waals surface area contributed by atoms with Crippen molar-refractivity contribution in [2.24, 2.45) is 17.3 Å². The predicted octanol–water partition coefficient (Wildman–Crippen LogP) is 5.03. The predicted molar refractivity (Wildman–Crippen MR) is 64.4 cm³/mol. The summed E-state index contributed by atoms with van der Waals surface area (Å²) in [4.78, 5) is 0. The molecular weight excluding hydrogens is 168 g/mol. The van der Waals surface area contributed by atoms with Crippen molar-refractivity contribution in [1.29, 1.82) is 0 Å². The van der Waals surface area contributed by atoms with Gasteiger partial charge in [0, 0.05) is 0 Å². The average molecular weight is 196 g/mol. The molecule has 1 aliphatic carbocycles. The number of rotatable bonds is 7. The van der Waals surface area contributed by atoms with Gasteiger partial charge in [0.25, 0.3) is 0 Å². The molecule has 0 aromatic rings. The summed E-state index contributed by atoms with van der Waals surface area (Å²) in [6.07, 6.45) is 10.1. The van der Waals surface area contributed by atoms with Crippen LogP contribution in [0.2, 0.25) is 0 Å². The largest absolute Gasteiger partial charge is 0.0654 e. The van der Waals surface area contributed by atoms with Crippen LogP contribution in [0.15, 0.2) is 0 Å². The summed E-state index contributed by atoms with van der Waals surface area (Å²) in [5.74, 6) is 2.03. The van der Waals surface area contributed by atoms with Gasteiger partial charge in [0.15, 0.2) is 0 Å². The van der Waals surface area contributed by atoms with Crippen LogP contribution in [-0.4, -0.2) is 0 Å². The van der Waals surface area contributed by atoms with Gasteiger partial charge < -0.3 is 0 Å². The maximum atomic E-state index is 2.42. The normalized spacial score (nSPS) is 33.0. The summed E-state index contributed by atoms with van der Waals surface area (Å²) in [5, 5.41) is 0. The Labute approximate surface area is 90.5 Å². The Hall–Kier alpha value is 0. The van der Waals surface area contributed by atoms with E-state index in [1.807, 2.05) is 0 Å². The molecule has 0 bridgehead atoms. The van der Waals surface area contributed by atoms with Crippen LogP contribution in [0.25, 0.3) is 0 Å². The van der Waals surface area contributed by atoms with Gasteiger partial charge in [0.05, 0.1) is 0 Å². The van der Waals surface area contributed by atoms with Crippen LogP contribution in [0.5, 0.6) is 0 Å². The van der Waals surface area contributed by atoms with Gasteiger partial charge in [-0.25, -0.2) is 0 Å². The van der Waals surface area contributed by atoms with Crippen molar-refractivity contribution in [2.45, 2.75) is 72.6 Å². The van der Waals surface area contributed by atoms with Crippen molar-refractivity contribution in [3.8, 4) is 0 Å². The molecule has 84 valence electrons. The maximum Gasteiger partial charge on any atom is -0.0266 e. The summed E-state index contributed by atoms with van der Waals surface area (Å²) in [5.41, 5.74) is 0.782. The lowest BCUT2D eigenvalue weighted by molar-refractivity contribution is 0.318. The Balaban J connectivity index is 2.32. The highest BCUT2D eigenvalue weighted by molar-refractivity contribution is 5.01. The molecule has 1 saturated carbocycles. The van der Waals surface area contributed by atoms with E-state index in [0.29, 0.717) is 0 Å². The molecule has 0 nitrogen and oxygen atoms in total. The smallest absolute Gasteiger partial charge is 0.0266 e. The Morgan fingerprint density at radius 2 is 2.00 bits per heavy atom. The van der Waals surface area contributed by atoms with E-state index in [1.165, 1.54) is 44.9 Å². The summed E-state index contributed by atoms with van der Waals surface area (Å²) in [6, 6.07) is 0. The minimum absolute atomic E-state index is 0.782. The van der Waals surface area contributed by atoms with E-state index >= 15 is 0 Å². The van der Waals surface area contributed by atoms with Crippen LogP contribution in [0.1, 0.15) is 72.6 Å². The van der Waals surface area contributed by atoms with E-state index in [2.05, 4.69) is 27.7 Å². The van der Waals surface area contributed by atoms with E-state index in [0.717, 1.165) is 17.3 Å². The minimum atomic E-state index is 0.782.